The predicted molar refractivity (Wildman–Crippen MR) is 114 cm³/mol. The predicted octanol–water partition coefficient (Wildman–Crippen LogP) is 3.72. The Labute approximate surface area is 168 Å². The van der Waals surface area contributed by atoms with Crippen molar-refractivity contribution in [3.8, 4) is 0 Å². The van der Waals surface area contributed by atoms with Gasteiger partial charge in [0.25, 0.3) is 5.69 Å². The Balaban J connectivity index is 1.60. The summed E-state index contributed by atoms with van der Waals surface area (Å²) < 4.78 is 0. The molecule has 7 nitrogen and oxygen atoms in total. The molecule has 144 valence electrons. The number of nitro benzene ring substituents is 1. The standard InChI is InChI=1S/C20H20N4O3S/c25-19(11-10-15-6-5-7-16(14-15)24(26)27)22-20(28)21-17-8-1-2-9-18(17)23-12-3-4-13-23/h1-2,5-11,14H,3-4,12-13H2,(H2,21,22,25,28)/b11-10+. The molecular formula is C20H20N4O3S. The highest BCUT2D eigenvalue weighted by Gasteiger charge is 2.16. The van der Waals surface area contributed by atoms with E-state index >= 15 is 0 Å². The second-order valence-electron chi connectivity index (χ2n) is 6.34. The minimum atomic E-state index is -0.478. The van der Waals surface area contributed by atoms with Gasteiger partial charge in [0.15, 0.2) is 5.11 Å². The summed E-state index contributed by atoms with van der Waals surface area (Å²) in [4.78, 5) is 24.7. The molecule has 0 bridgehead atoms. The van der Waals surface area contributed by atoms with E-state index in [1.807, 2.05) is 24.3 Å². The molecule has 0 radical (unpaired) electrons. The molecule has 1 aliphatic heterocycles. The number of carbonyl (C=O) groups is 1. The Kier molecular flexibility index (Phi) is 6.33. The quantitative estimate of drug-likeness (QED) is 0.347. The molecule has 2 aromatic carbocycles. The fourth-order valence-electron chi connectivity index (χ4n) is 3.03. The van der Waals surface area contributed by atoms with Crippen molar-refractivity contribution in [1.29, 1.82) is 0 Å². The van der Waals surface area contributed by atoms with Crippen LogP contribution in [0.3, 0.4) is 0 Å². The monoisotopic (exact) mass is 396 g/mol. The molecule has 1 aliphatic rings. The van der Waals surface area contributed by atoms with Crippen LogP contribution in [0.4, 0.5) is 17.1 Å². The van der Waals surface area contributed by atoms with Gasteiger partial charge in [0.1, 0.15) is 0 Å². The average Bonchev–Trinajstić information content (AvgIpc) is 3.21. The van der Waals surface area contributed by atoms with Crippen LogP contribution in [0.15, 0.2) is 54.6 Å². The molecule has 1 saturated heterocycles. The highest BCUT2D eigenvalue weighted by atomic mass is 32.1. The van der Waals surface area contributed by atoms with Crippen molar-refractivity contribution in [3.63, 3.8) is 0 Å². The van der Waals surface area contributed by atoms with Crippen LogP contribution in [0, 0.1) is 10.1 Å². The molecule has 1 heterocycles. The number of nitro groups is 1. The molecule has 0 spiro atoms. The maximum absolute atomic E-state index is 12.1. The van der Waals surface area contributed by atoms with Crippen LogP contribution in [0.5, 0.6) is 0 Å². The number of nitrogens with one attached hydrogen (secondary N) is 2. The fraction of sp³-hybridized carbons (Fsp3) is 0.200. The van der Waals surface area contributed by atoms with E-state index in [9.17, 15) is 14.9 Å². The summed E-state index contributed by atoms with van der Waals surface area (Å²) in [5, 5.41) is 16.7. The van der Waals surface area contributed by atoms with E-state index in [4.69, 9.17) is 12.2 Å². The normalized spacial score (nSPS) is 13.5. The molecule has 0 saturated carbocycles. The SMILES string of the molecule is O=C(/C=C/c1cccc([N+](=O)[O-])c1)NC(=S)Nc1ccccc1N1CCCC1. The largest absolute Gasteiger partial charge is 0.370 e. The number of para-hydroxylation sites is 2. The topological polar surface area (TPSA) is 87.5 Å². The highest BCUT2D eigenvalue weighted by Crippen LogP contribution is 2.28. The Bertz CT molecular complexity index is 923. The molecular weight excluding hydrogens is 376 g/mol. The number of rotatable bonds is 5. The summed E-state index contributed by atoms with van der Waals surface area (Å²) >= 11 is 5.25. The summed E-state index contributed by atoms with van der Waals surface area (Å²) in [6.45, 7) is 2.01. The molecule has 1 amide bonds. The molecule has 1 fully saturated rings. The summed E-state index contributed by atoms with van der Waals surface area (Å²) in [5.41, 5.74) is 2.43. The molecule has 2 aromatic rings. The van der Waals surface area contributed by atoms with Crippen LogP contribution in [-0.2, 0) is 4.79 Å². The first-order valence-electron chi connectivity index (χ1n) is 8.91. The van der Waals surface area contributed by atoms with Gasteiger partial charge >= 0.3 is 0 Å². The number of thiocarbonyl (C=S) groups is 1. The molecule has 8 heteroatoms. The van der Waals surface area contributed by atoms with E-state index in [2.05, 4.69) is 15.5 Å². The lowest BCUT2D eigenvalue weighted by atomic mass is 10.2. The molecule has 2 N–H and O–H groups in total. The van der Waals surface area contributed by atoms with Gasteiger partial charge in [0.05, 0.1) is 16.3 Å². The smallest absolute Gasteiger partial charge is 0.270 e. The van der Waals surface area contributed by atoms with Crippen LogP contribution in [0.1, 0.15) is 18.4 Å². The third kappa shape index (κ3) is 5.14. The van der Waals surface area contributed by atoms with Crippen LogP contribution in [-0.4, -0.2) is 29.0 Å². The van der Waals surface area contributed by atoms with E-state index < -0.39 is 10.8 Å². The molecule has 0 aliphatic carbocycles. The van der Waals surface area contributed by atoms with Gasteiger partial charge < -0.3 is 10.2 Å². The van der Waals surface area contributed by atoms with Crippen LogP contribution in [0.2, 0.25) is 0 Å². The van der Waals surface area contributed by atoms with Gasteiger partial charge in [-0.25, -0.2) is 0 Å². The zero-order valence-corrected chi connectivity index (χ0v) is 15.9. The van der Waals surface area contributed by atoms with E-state index in [0.29, 0.717) is 5.56 Å². The number of amides is 1. The van der Waals surface area contributed by atoms with Crippen molar-refractivity contribution >= 4 is 46.4 Å². The number of nitrogens with zero attached hydrogens (tertiary/aromatic N) is 2. The van der Waals surface area contributed by atoms with E-state index in [1.54, 1.807) is 12.1 Å². The third-order valence-corrected chi connectivity index (χ3v) is 4.55. The summed E-state index contributed by atoms with van der Waals surface area (Å²) in [6, 6.07) is 13.9. The van der Waals surface area contributed by atoms with Gasteiger partial charge in [-0.1, -0.05) is 24.3 Å². The lowest BCUT2D eigenvalue weighted by Crippen LogP contribution is -2.33. The van der Waals surface area contributed by atoms with Crippen LogP contribution >= 0.6 is 12.2 Å². The Morgan fingerprint density at radius 1 is 1.14 bits per heavy atom. The molecule has 3 rings (SSSR count). The van der Waals surface area contributed by atoms with Crippen molar-refractivity contribution in [1.82, 2.24) is 5.32 Å². The summed E-state index contributed by atoms with van der Waals surface area (Å²) in [5.74, 6) is -0.414. The van der Waals surface area contributed by atoms with Crippen LogP contribution < -0.4 is 15.5 Å². The zero-order chi connectivity index (χ0) is 19.9. The van der Waals surface area contributed by atoms with Crippen molar-refractivity contribution in [2.75, 3.05) is 23.3 Å². The molecule has 0 aromatic heterocycles. The van der Waals surface area contributed by atoms with Gasteiger partial charge in [-0.2, -0.15) is 0 Å². The lowest BCUT2D eigenvalue weighted by molar-refractivity contribution is -0.384. The molecule has 0 atom stereocenters. The third-order valence-electron chi connectivity index (χ3n) is 4.34. The maximum atomic E-state index is 12.1. The minimum Gasteiger partial charge on any atom is -0.370 e. The molecule has 28 heavy (non-hydrogen) atoms. The number of hydrogen-bond acceptors (Lipinski definition) is 5. The first-order valence-corrected chi connectivity index (χ1v) is 9.32. The number of non-ortho nitro benzene ring substituents is 1. The van der Waals surface area contributed by atoms with Gasteiger partial charge in [0, 0.05) is 31.3 Å². The van der Waals surface area contributed by atoms with E-state index in [1.165, 1.54) is 24.3 Å². The van der Waals surface area contributed by atoms with Crippen molar-refractivity contribution in [2.24, 2.45) is 0 Å². The lowest BCUT2D eigenvalue weighted by Gasteiger charge is -2.22. The highest BCUT2D eigenvalue weighted by molar-refractivity contribution is 7.80. The molecule has 0 unspecified atom stereocenters. The Morgan fingerprint density at radius 3 is 2.64 bits per heavy atom. The van der Waals surface area contributed by atoms with Crippen molar-refractivity contribution in [2.45, 2.75) is 12.8 Å². The van der Waals surface area contributed by atoms with E-state index in [0.717, 1.165) is 37.3 Å². The second-order valence-corrected chi connectivity index (χ2v) is 6.75. The number of benzene rings is 2. The van der Waals surface area contributed by atoms with Gasteiger partial charge in [-0.15, -0.1) is 0 Å². The Hall–Kier alpha value is -3.26. The van der Waals surface area contributed by atoms with Gasteiger partial charge in [-0.3, -0.25) is 20.2 Å². The first-order chi connectivity index (χ1) is 13.5. The number of hydrogen-bond donors (Lipinski definition) is 2. The van der Waals surface area contributed by atoms with E-state index in [-0.39, 0.29) is 10.8 Å². The Morgan fingerprint density at radius 2 is 1.89 bits per heavy atom. The fourth-order valence-corrected chi connectivity index (χ4v) is 3.24. The summed E-state index contributed by atoms with van der Waals surface area (Å²) in [7, 11) is 0. The van der Waals surface area contributed by atoms with Gasteiger partial charge in [-0.05, 0) is 48.8 Å². The van der Waals surface area contributed by atoms with Gasteiger partial charge in [0.2, 0.25) is 5.91 Å². The number of carbonyl (C=O) groups excluding carboxylic acids is 1. The minimum absolute atomic E-state index is 0.0294. The zero-order valence-electron chi connectivity index (χ0n) is 15.1. The summed E-state index contributed by atoms with van der Waals surface area (Å²) in [6.07, 6.45) is 5.12. The first kappa shape index (κ1) is 19.5. The number of anilines is 2. The van der Waals surface area contributed by atoms with Crippen LogP contribution in [0.25, 0.3) is 6.08 Å². The van der Waals surface area contributed by atoms with Crippen molar-refractivity contribution < 1.29 is 9.72 Å². The average molecular weight is 396 g/mol. The maximum Gasteiger partial charge on any atom is 0.270 e. The van der Waals surface area contributed by atoms with Crippen molar-refractivity contribution in [3.05, 3.63) is 70.3 Å². The second kappa shape index (κ2) is 9.09.